The first-order valence-corrected chi connectivity index (χ1v) is 7.79. The van der Waals surface area contributed by atoms with Crippen molar-refractivity contribution in [2.75, 3.05) is 12.4 Å². The van der Waals surface area contributed by atoms with Crippen LogP contribution in [-0.2, 0) is 0 Å². The maximum Gasteiger partial charge on any atom is 0.259 e. The summed E-state index contributed by atoms with van der Waals surface area (Å²) in [5.41, 5.74) is 3.34. The number of ether oxygens (including phenoxy) is 1. The van der Waals surface area contributed by atoms with Crippen LogP contribution in [0, 0.1) is 17.4 Å². The molecule has 1 N–H and O–H groups in total. The first kappa shape index (κ1) is 16.1. The molecule has 2 aromatic carbocycles. The summed E-state index contributed by atoms with van der Waals surface area (Å²) in [7, 11) is 1.53. The molecule has 21 heavy (non-hydrogen) atoms. The number of benzene rings is 2. The van der Waals surface area contributed by atoms with Crippen molar-refractivity contribution in [2.45, 2.75) is 13.8 Å². The predicted molar refractivity (Wildman–Crippen MR) is 94.6 cm³/mol. The lowest BCUT2D eigenvalue weighted by Gasteiger charge is -2.13. The highest BCUT2D eigenvalue weighted by molar-refractivity contribution is 14.1. The van der Waals surface area contributed by atoms with E-state index in [4.69, 9.17) is 16.3 Å². The molecule has 0 saturated heterocycles. The Morgan fingerprint density at radius 3 is 2.57 bits per heavy atom. The van der Waals surface area contributed by atoms with Gasteiger partial charge in [0.25, 0.3) is 5.91 Å². The van der Waals surface area contributed by atoms with Crippen molar-refractivity contribution in [1.29, 1.82) is 0 Å². The molecule has 1 amide bonds. The zero-order valence-electron chi connectivity index (χ0n) is 12.0. The molecule has 0 spiro atoms. The lowest BCUT2D eigenvalue weighted by Crippen LogP contribution is -2.14. The molecule has 0 aliphatic heterocycles. The number of hydrogen-bond donors (Lipinski definition) is 1. The van der Waals surface area contributed by atoms with Crippen LogP contribution in [0.25, 0.3) is 0 Å². The second-order valence-electron chi connectivity index (χ2n) is 4.72. The van der Waals surface area contributed by atoms with E-state index in [2.05, 4.69) is 27.9 Å². The number of nitrogens with one attached hydrogen (secondary N) is 1. The predicted octanol–water partition coefficient (Wildman–Crippen LogP) is 4.82. The highest BCUT2D eigenvalue weighted by Crippen LogP contribution is 2.26. The number of methoxy groups -OCH3 is 1. The monoisotopic (exact) mass is 415 g/mol. The van der Waals surface area contributed by atoms with Crippen LogP contribution in [0.15, 0.2) is 30.3 Å². The van der Waals surface area contributed by atoms with Crippen LogP contribution in [0.5, 0.6) is 5.75 Å². The molecule has 0 atom stereocenters. The average Bonchev–Trinajstić information content (AvgIpc) is 2.44. The number of rotatable bonds is 3. The molecular weight excluding hydrogens is 401 g/mol. The molecule has 5 heteroatoms. The first-order valence-electron chi connectivity index (χ1n) is 6.34. The number of aryl methyl sites for hydroxylation is 2. The van der Waals surface area contributed by atoms with Crippen LogP contribution in [0.4, 0.5) is 5.69 Å². The minimum absolute atomic E-state index is 0.238. The Labute approximate surface area is 142 Å². The van der Waals surface area contributed by atoms with Crippen LogP contribution >= 0.6 is 34.2 Å². The molecule has 2 rings (SSSR count). The number of hydrogen-bond acceptors (Lipinski definition) is 2. The van der Waals surface area contributed by atoms with Gasteiger partial charge in [0.05, 0.1) is 12.7 Å². The molecule has 3 nitrogen and oxygen atoms in total. The zero-order chi connectivity index (χ0) is 15.6. The Hall–Kier alpha value is -1.27. The van der Waals surface area contributed by atoms with E-state index in [0.29, 0.717) is 16.3 Å². The van der Waals surface area contributed by atoms with Gasteiger partial charge in [0.1, 0.15) is 5.75 Å². The molecule has 0 saturated carbocycles. The third-order valence-electron chi connectivity index (χ3n) is 3.16. The highest BCUT2D eigenvalue weighted by atomic mass is 127. The summed E-state index contributed by atoms with van der Waals surface area (Å²) >= 11 is 8.24. The van der Waals surface area contributed by atoms with E-state index in [1.165, 1.54) is 10.7 Å². The molecule has 0 radical (unpaired) electrons. The fourth-order valence-electron chi connectivity index (χ4n) is 1.96. The summed E-state index contributed by atoms with van der Waals surface area (Å²) in [4.78, 5) is 12.4. The van der Waals surface area contributed by atoms with Crippen molar-refractivity contribution in [3.05, 3.63) is 55.6 Å². The van der Waals surface area contributed by atoms with Gasteiger partial charge in [0.2, 0.25) is 0 Å². The van der Waals surface area contributed by atoms with E-state index < -0.39 is 0 Å². The number of amides is 1. The van der Waals surface area contributed by atoms with Crippen LogP contribution in [0.3, 0.4) is 0 Å². The number of halogens is 2. The summed E-state index contributed by atoms with van der Waals surface area (Å²) in [6.45, 7) is 3.98. The normalized spacial score (nSPS) is 10.3. The molecule has 2 aromatic rings. The summed E-state index contributed by atoms with van der Waals surface area (Å²) in [6, 6.07) is 8.98. The van der Waals surface area contributed by atoms with Crippen molar-refractivity contribution in [2.24, 2.45) is 0 Å². The van der Waals surface area contributed by atoms with Gasteiger partial charge in [0.15, 0.2) is 0 Å². The molecule has 0 bridgehead atoms. The zero-order valence-corrected chi connectivity index (χ0v) is 14.9. The van der Waals surface area contributed by atoms with Crippen LogP contribution in [0.1, 0.15) is 21.5 Å². The van der Waals surface area contributed by atoms with E-state index in [1.54, 1.807) is 18.2 Å². The summed E-state index contributed by atoms with van der Waals surface area (Å²) < 4.78 is 6.38. The molecule has 0 heterocycles. The molecule has 0 aliphatic rings. The van der Waals surface area contributed by atoms with Gasteiger partial charge >= 0.3 is 0 Å². The quantitative estimate of drug-likeness (QED) is 0.730. The van der Waals surface area contributed by atoms with Gasteiger partial charge in [-0.2, -0.15) is 0 Å². The van der Waals surface area contributed by atoms with Gasteiger partial charge < -0.3 is 10.1 Å². The minimum atomic E-state index is -0.238. The standard InChI is InChI=1S/C16H15ClINO2/c1-9-7-14(10(2)6-13(9)18)19-16(20)12-8-11(17)4-5-15(12)21-3/h4-8H,1-3H3,(H,19,20). The van der Waals surface area contributed by atoms with E-state index in [0.717, 1.165) is 16.8 Å². The van der Waals surface area contributed by atoms with E-state index in [1.807, 2.05) is 26.0 Å². The molecular formula is C16H15ClINO2. The lowest BCUT2D eigenvalue weighted by molar-refractivity contribution is 0.102. The lowest BCUT2D eigenvalue weighted by atomic mass is 10.1. The van der Waals surface area contributed by atoms with Gasteiger partial charge in [-0.3, -0.25) is 4.79 Å². The Bertz CT molecular complexity index is 701. The van der Waals surface area contributed by atoms with Gasteiger partial charge in [0, 0.05) is 14.3 Å². The summed E-state index contributed by atoms with van der Waals surface area (Å²) in [5, 5.41) is 3.41. The van der Waals surface area contributed by atoms with Crippen molar-refractivity contribution in [3.8, 4) is 5.75 Å². The minimum Gasteiger partial charge on any atom is -0.496 e. The molecule has 0 fully saturated rings. The van der Waals surface area contributed by atoms with Crippen molar-refractivity contribution < 1.29 is 9.53 Å². The maximum absolute atomic E-state index is 12.4. The van der Waals surface area contributed by atoms with Crippen molar-refractivity contribution >= 4 is 45.8 Å². The summed E-state index contributed by atoms with van der Waals surface area (Å²) in [5.74, 6) is 0.259. The SMILES string of the molecule is COc1ccc(Cl)cc1C(=O)Nc1cc(C)c(I)cc1C. The van der Waals surface area contributed by atoms with Crippen molar-refractivity contribution in [1.82, 2.24) is 0 Å². The van der Waals surface area contributed by atoms with E-state index in [-0.39, 0.29) is 5.91 Å². The van der Waals surface area contributed by atoms with Crippen LogP contribution in [-0.4, -0.2) is 13.0 Å². The van der Waals surface area contributed by atoms with Crippen molar-refractivity contribution in [3.63, 3.8) is 0 Å². The Morgan fingerprint density at radius 1 is 1.19 bits per heavy atom. The van der Waals surface area contributed by atoms with Gasteiger partial charge in [-0.1, -0.05) is 11.6 Å². The van der Waals surface area contributed by atoms with Gasteiger partial charge in [-0.25, -0.2) is 0 Å². The Morgan fingerprint density at radius 2 is 1.90 bits per heavy atom. The third kappa shape index (κ3) is 3.68. The number of anilines is 1. The fourth-order valence-corrected chi connectivity index (χ4v) is 2.76. The molecule has 0 unspecified atom stereocenters. The first-order chi connectivity index (χ1) is 9.92. The molecule has 110 valence electrons. The topological polar surface area (TPSA) is 38.3 Å². The summed E-state index contributed by atoms with van der Waals surface area (Å²) in [6.07, 6.45) is 0. The highest BCUT2D eigenvalue weighted by Gasteiger charge is 2.14. The largest absolute Gasteiger partial charge is 0.496 e. The van der Waals surface area contributed by atoms with E-state index >= 15 is 0 Å². The van der Waals surface area contributed by atoms with Crippen LogP contribution < -0.4 is 10.1 Å². The Balaban J connectivity index is 2.34. The van der Waals surface area contributed by atoms with Gasteiger partial charge in [-0.15, -0.1) is 0 Å². The number of carbonyl (C=O) groups is 1. The molecule has 0 aromatic heterocycles. The van der Waals surface area contributed by atoms with Crippen LogP contribution in [0.2, 0.25) is 5.02 Å². The number of carbonyl (C=O) groups excluding carboxylic acids is 1. The second kappa shape index (κ2) is 6.66. The smallest absolute Gasteiger partial charge is 0.259 e. The fraction of sp³-hybridized carbons (Fsp3) is 0.188. The maximum atomic E-state index is 12.4. The third-order valence-corrected chi connectivity index (χ3v) is 4.56. The molecule has 0 aliphatic carbocycles. The average molecular weight is 416 g/mol. The Kier molecular flexibility index (Phi) is 5.11. The van der Waals surface area contributed by atoms with Gasteiger partial charge in [-0.05, 0) is 77.9 Å². The van der Waals surface area contributed by atoms with E-state index in [9.17, 15) is 4.79 Å². The second-order valence-corrected chi connectivity index (χ2v) is 6.31.